The van der Waals surface area contributed by atoms with Crippen LogP contribution in [0.1, 0.15) is 217 Å². The second-order valence-electron chi connectivity index (χ2n) is 25.7. The van der Waals surface area contributed by atoms with E-state index in [2.05, 4.69) is 24.5 Å². The van der Waals surface area contributed by atoms with Gasteiger partial charge in [-0.2, -0.15) is 0 Å². The highest BCUT2D eigenvalue weighted by Gasteiger charge is 2.46. The number of carbonyl (C=O) groups excluding carboxylic acids is 2. The first-order valence-corrected chi connectivity index (χ1v) is 34.6. The molecule has 0 aromatic heterocycles. The standard InChI is InChI=1S/2C34H57F2NO11/c2*1-2-3-4-5-6-7-8-9-10-11-12-13-14-25(39)30(43)24(20-47-34-33(46)32(45)31(44)27(19-38)48-34)37-28(41)18-26(40)29(42)21-15-16-22(35)23(36)17-21/h2*15-17,24-27,29-34,38-40,42-46H,2-14,18-20H2,1H3,(H,37,41)/t24-,25+,26+,27?,29+,30-,31-,32-,33?,34-;24-,25+,26-,27?,29-,30-,31-,32-,33?,34-/m00/s1. The second-order valence-corrected chi connectivity index (χ2v) is 25.7. The summed E-state index contributed by atoms with van der Waals surface area (Å²) in [6.07, 6.45) is -3.12. The van der Waals surface area contributed by atoms with Crippen LogP contribution in [0.3, 0.4) is 0 Å². The summed E-state index contributed by atoms with van der Waals surface area (Å²) in [5.74, 6) is -6.61. The number of aliphatic hydroxyl groups excluding tert-OH is 16. The molecule has 0 spiro atoms. The molecular weight excluding hydrogens is 1270 g/mol. The van der Waals surface area contributed by atoms with Gasteiger partial charge in [-0.15, -0.1) is 0 Å². The van der Waals surface area contributed by atoms with Crippen molar-refractivity contribution in [2.24, 2.45) is 0 Å². The molecule has 2 fully saturated rings. The van der Waals surface area contributed by atoms with Crippen LogP contribution in [-0.2, 0) is 28.5 Å². The Morgan fingerprint density at radius 2 is 0.708 bits per heavy atom. The third kappa shape index (κ3) is 31.0. The van der Waals surface area contributed by atoms with E-state index in [1.165, 1.54) is 89.9 Å². The number of amides is 2. The van der Waals surface area contributed by atoms with Gasteiger partial charge in [-0.3, -0.25) is 9.59 Å². The fraction of sp³-hybridized carbons (Fsp3) is 0.794. The summed E-state index contributed by atoms with van der Waals surface area (Å²) in [4.78, 5) is 25.8. The topological polar surface area (TPSA) is 419 Å². The van der Waals surface area contributed by atoms with E-state index in [1.807, 2.05) is 0 Å². The van der Waals surface area contributed by atoms with Crippen LogP contribution in [0.25, 0.3) is 0 Å². The molecule has 20 atom stereocenters. The molecule has 556 valence electrons. The number of benzene rings is 2. The Bertz CT molecular complexity index is 2240. The van der Waals surface area contributed by atoms with Gasteiger partial charge in [-0.05, 0) is 48.2 Å². The van der Waals surface area contributed by atoms with Crippen molar-refractivity contribution in [3.63, 3.8) is 0 Å². The lowest BCUT2D eigenvalue weighted by Gasteiger charge is -2.40. The number of carbonyl (C=O) groups is 2. The van der Waals surface area contributed by atoms with E-state index in [0.717, 1.165) is 75.6 Å². The minimum atomic E-state index is -1.76. The van der Waals surface area contributed by atoms with Crippen molar-refractivity contribution in [2.45, 2.75) is 316 Å². The molecule has 2 aliphatic rings. The van der Waals surface area contributed by atoms with Crippen molar-refractivity contribution >= 4 is 11.8 Å². The van der Waals surface area contributed by atoms with Gasteiger partial charge < -0.3 is 111 Å². The fourth-order valence-electron chi connectivity index (χ4n) is 11.5. The van der Waals surface area contributed by atoms with Gasteiger partial charge >= 0.3 is 0 Å². The fourth-order valence-corrected chi connectivity index (χ4v) is 11.5. The van der Waals surface area contributed by atoms with Gasteiger partial charge in [0.25, 0.3) is 0 Å². The quantitative estimate of drug-likeness (QED) is 0.0331. The molecule has 0 aliphatic carbocycles. The monoisotopic (exact) mass is 1390 g/mol. The Labute approximate surface area is 561 Å². The Morgan fingerprint density at radius 3 is 0.990 bits per heavy atom. The van der Waals surface area contributed by atoms with Crippen molar-refractivity contribution in [3.8, 4) is 0 Å². The van der Waals surface area contributed by atoms with Gasteiger partial charge in [0.1, 0.15) is 73.2 Å². The zero-order valence-corrected chi connectivity index (χ0v) is 55.8. The molecular formula is C68H114F4N2O22. The lowest BCUT2D eigenvalue weighted by atomic mass is 9.98. The highest BCUT2D eigenvalue weighted by Crippen LogP contribution is 2.28. The number of unbranched alkanes of at least 4 members (excludes halogenated alkanes) is 22. The van der Waals surface area contributed by atoms with E-state index in [0.29, 0.717) is 25.0 Å². The molecule has 4 unspecified atom stereocenters. The van der Waals surface area contributed by atoms with Crippen LogP contribution in [-0.4, -0.2) is 230 Å². The van der Waals surface area contributed by atoms with Gasteiger partial charge in [0.15, 0.2) is 35.8 Å². The van der Waals surface area contributed by atoms with Crippen molar-refractivity contribution in [2.75, 3.05) is 26.4 Å². The number of nitrogens with one attached hydrogen (secondary N) is 2. The molecule has 2 heterocycles. The molecule has 4 rings (SSSR count). The first kappa shape index (κ1) is 86.5. The van der Waals surface area contributed by atoms with Gasteiger partial charge in [-0.25, -0.2) is 17.6 Å². The summed E-state index contributed by atoms with van der Waals surface area (Å²) in [7, 11) is 0. The largest absolute Gasteiger partial charge is 0.394 e. The van der Waals surface area contributed by atoms with Crippen LogP contribution in [0, 0.1) is 23.3 Å². The molecule has 18 N–H and O–H groups in total. The molecule has 2 aliphatic heterocycles. The van der Waals surface area contributed by atoms with E-state index >= 15 is 0 Å². The highest BCUT2D eigenvalue weighted by atomic mass is 19.2. The first-order chi connectivity index (χ1) is 45.8. The molecule has 0 saturated carbocycles. The number of rotatable bonds is 48. The Kier molecular flexibility index (Phi) is 43.4. The third-order valence-electron chi connectivity index (χ3n) is 17.7. The van der Waals surface area contributed by atoms with Crippen molar-refractivity contribution in [3.05, 3.63) is 70.8 Å². The van der Waals surface area contributed by atoms with E-state index < -0.39 is 197 Å². The van der Waals surface area contributed by atoms with Gasteiger partial charge in [-0.1, -0.05) is 180 Å². The van der Waals surface area contributed by atoms with E-state index in [1.54, 1.807) is 0 Å². The van der Waals surface area contributed by atoms with Crippen molar-refractivity contribution in [1.29, 1.82) is 0 Å². The average Bonchev–Trinajstić information content (AvgIpc) is 0.842. The van der Waals surface area contributed by atoms with Crippen molar-refractivity contribution < 1.29 is 128 Å². The number of hydrogen-bond acceptors (Lipinski definition) is 22. The maximum absolute atomic E-state index is 13.6. The zero-order valence-electron chi connectivity index (χ0n) is 55.8. The second kappa shape index (κ2) is 48.2. The smallest absolute Gasteiger partial charge is 0.223 e. The third-order valence-corrected chi connectivity index (χ3v) is 17.7. The highest BCUT2D eigenvalue weighted by molar-refractivity contribution is 5.77. The Morgan fingerprint density at radius 1 is 0.417 bits per heavy atom. The predicted octanol–water partition coefficient (Wildman–Crippen LogP) is 3.73. The summed E-state index contributed by atoms with van der Waals surface area (Å²) in [6.45, 7) is 1.83. The van der Waals surface area contributed by atoms with Gasteiger partial charge in [0.05, 0.1) is 75.8 Å². The number of aliphatic hydroxyl groups is 16. The van der Waals surface area contributed by atoms with Gasteiger partial charge in [0, 0.05) is 0 Å². The maximum Gasteiger partial charge on any atom is 0.223 e. The van der Waals surface area contributed by atoms with Crippen LogP contribution in [0.4, 0.5) is 17.6 Å². The molecule has 96 heavy (non-hydrogen) atoms. The molecule has 24 nitrogen and oxygen atoms in total. The number of hydrogen-bond donors (Lipinski definition) is 18. The molecule has 2 aromatic carbocycles. The average molecular weight is 1390 g/mol. The summed E-state index contributed by atoms with van der Waals surface area (Å²) >= 11 is 0. The van der Waals surface area contributed by atoms with Crippen LogP contribution in [0.2, 0.25) is 0 Å². The van der Waals surface area contributed by atoms with Crippen LogP contribution in [0.15, 0.2) is 36.4 Å². The van der Waals surface area contributed by atoms with Crippen LogP contribution in [0.5, 0.6) is 0 Å². The molecule has 2 saturated heterocycles. The lowest BCUT2D eigenvalue weighted by molar-refractivity contribution is -0.303. The van der Waals surface area contributed by atoms with E-state index in [4.69, 9.17) is 18.9 Å². The maximum atomic E-state index is 13.6. The van der Waals surface area contributed by atoms with Gasteiger partial charge in [0.2, 0.25) is 11.8 Å². The summed E-state index contributed by atoms with van der Waals surface area (Å²) in [6, 6.07) is 2.33. The first-order valence-electron chi connectivity index (χ1n) is 34.6. The van der Waals surface area contributed by atoms with E-state index in [-0.39, 0.29) is 24.0 Å². The van der Waals surface area contributed by atoms with Crippen molar-refractivity contribution in [1.82, 2.24) is 10.6 Å². The molecule has 0 radical (unpaired) electrons. The molecule has 2 aromatic rings. The molecule has 0 bridgehead atoms. The Hall–Kier alpha value is -3.70. The summed E-state index contributed by atoms with van der Waals surface area (Å²) < 4.78 is 75.5. The lowest BCUT2D eigenvalue weighted by Crippen LogP contribution is -2.60. The number of ether oxygens (including phenoxy) is 4. The molecule has 28 heteroatoms. The van der Waals surface area contributed by atoms with E-state index in [9.17, 15) is 109 Å². The minimum absolute atomic E-state index is 0.172. The molecule has 2 amide bonds. The SMILES string of the molecule is CCCCCCCCCCCCCC[C@@H](O)[C@@H](O)[C@H](CO[C@H]1OC(CO)[C@H](O)[C@H](O)C1O)NC(=O)C[C@@H](O)[C@H](O)c1ccc(F)c(F)c1.CCCCCCCCCCCCCC[C@@H](O)[C@@H](O)[C@H](CO[C@H]1OC(CO)[C@H](O)[C@H](O)C1O)NC(=O)C[C@H](O)[C@@H](O)c1ccc(F)c(F)c1. The number of halogens is 4. The summed E-state index contributed by atoms with van der Waals surface area (Å²) in [5, 5.41) is 170. The van der Waals surface area contributed by atoms with Crippen LogP contribution >= 0.6 is 0 Å². The van der Waals surface area contributed by atoms with Crippen LogP contribution < -0.4 is 10.6 Å². The minimum Gasteiger partial charge on any atom is -0.394 e. The zero-order chi connectivity index (χ0) is 71.3. The normalized spacial score (nSPS) is 24.5. The predicted molar refractivity (Wildman–Crippen MR) is 343 cm³/mol. The Balaban J connectivity index is 0.000000500. The summed E-state index contributed by atoms with van der Waals surface area (Å²) in [5.41, 5.74) is -0.343.